The van der Waals surface area contributed by atoms with E-state index in [-0.39, 0.29) is 12.1 Å². The molecule has 0 aromatic carbocycles. The van der Waals surface area contributed by atoms with Crippen LogP contribution in [0, 0.1) is 0 Å². The first kappa shape index (κ1) is 12.3. The first-order valence-corrected chi connectivity index (χ1v) is 4.99. The maximum atomic E-state index is 11.8. The minimum Gasteiger partial charge on any atom is -0.385 e. The Morgan fingerprint density at radius 2 is 1.94 bits per heavy atom. The van der Waals surface area contributed by atoms with E-state index in [2.05, 4.69) is 4.74 Å². The van der Waals surface area contributed by atoms with Crippen molar-refractivity contribution in [3.05, 3.63) is 0 Å². The Morgan fingerprint density at radius 1 is 1.35 bits per heavy atom. The number of carbonyl (C=O) groups excluding carboxylic acids is 2. The predicted molar refractivity (Wildman–Crippen MR) is 46.9 cm³/mol. The molecule has 17 heavy (non-hydrogen) atoms. The number of alkyl halides is 3. The molecule has 2 fully saturated rings. The highest BCUT2D eigenvalue weighted by atomic mass is 19.4. The molecule has 0 aromatic rings. The number of carbonyl (C=O) groups is 2. The van der Waals surface area contributed by atoms with E-state index in [9.17, 15) is 22.8 Å². The third kappa shape index (κ3) is 2.58. The normalized spacial score (nSPS) is 22.8. The minimum absolute atomic E-state index is 0.214. The van der Waals surface area contributed by atoms with Crippen LogP contribution in [0.4, 0.5) is 13.2 Å². The van der Waals surface area contributed by atoms with Crippen molar-refractivity contribution in [1.29, 1.82) is 0 Å². The van der Waals surface area contributed by atoms with Gasteiger partial charge in [-0.05, 0) is 0 Å². The second kappa shape index (κ2) is 3.95. The molecule has 2 aliphatic heterocycles. The van der Waals surface area contributed by atoms with Crippen LogP contribution in [0.3, 0.4) is 0 Å². The molecular weight excluding hydrogens is 243 g/mol. The first-order chi connectivity index (χ1) is 7.81. The van der Waals surface area contributed by atoms with Gasteiger partial charge in [0.15, 0.2) is 0 Å². The summed E-state index contributed by atoms with van der Waals surface area (Å²) in [4.78, 5) is 22.9. The number of halogens is 3. The summed E-state index contributed by atoms with van der Waals surface area (Å²) in [5.74, 6) is -3.67. The Morgan fingerprint density at radius 3 is 2.35 bits per heavy atom. The van der Waals surface area contributed by atoms with Gasteiger partial charge in [0.25, 0.3) is 0 Å². The highest BCUT2D eigenvalue weighted by Crippen LogP contribution is 2.35. The number of ether oxygens (including phenoxy) is 2. The lowest BCUT2D eigenvalue weighted by Crippen LogP contribution is -2.68. The summed E-state index contributed by atoms with van der Waals surface area (Å²) in [6.07, 6.45) is -4.25. The topological polar surface area (TPSA) is 55.8 Å². The van der Waals surface area contributed by atoms with Gasteiger partial charge in [-0.2, -0.15) is 13.2 Å². The number of nitrogens with zero attached hydrogens (tertiary/aromatic N) is 1. The Balaban J connectivity index is 1.70. The number of hydrogen-bond acceptors (Lipinski definition) is 5. The van der Waals surface area contributed by atoms with Gasteiger partial charge >= 0.3 is 18.1 Å². The van der Waals surface area contributed by atoms with Crippen molar-refractivity contribution in [3.63, 3.8) is 0 Å². The molecule has 0 bridgehead atoms. The molecule has 2 aliphatic rings. The summed E-state index contributed by atoms with van der Waals surface area (Å²) >= 11 is 0. The van der Waals surface area contributed by atoms with Crippen LogP contribution >= 0.6 is 0 Å². The molecule has 0 unspecified atom stereocenters. The van der Waals surface area contributed by atoms with E-state index in [1.54, 1.807) is 4.90 Å². The third-order valence-corrected chi connectivity index (χ3v) is 2.78. The number of hydrogen-bond donors (Lipinski definition) is 0. The van der Waals surface area contributed by atoms with Gasteiger partial charge < -0.3 is 9.47 Å². The van der Waals surface area contributed by atoms with Gasteiger partial charge in [-0.1, -0.05) is 0 Å². The zero-order valence-electron chi connectivity index (χ0n) is 8.75. The Bertz CT molecular complexity index is 343. The fourth-order valence-electron chi connectivity index (χ4n) is 1.90. The number of esters is 2. The number of rotatable bonds is 2. The van der Waals surface area contributed by atoms with Gasteiger partial charge in [-0.3, -0.25) is 9.69 Å². The van der Waals surface area contributed by atoms with Crippen LogP contribution in [0.1, 0.15) is 6.42 Å². The maximum absolute atomic E-state index is 11.8. The summed E-state index contributed by atoms with van der Waals surface area (Å²) in [7, 11) is 0. The Kier molecular flexibility index (Phi) is 2.86. The smallest absolute Gasteiger partial charge is 0.385 e. The fourth-order valence-corrected chi connectivity index (χ4v) is 1.90. The monoisotopic (exact) mass is 253 g/mol. The van der Waals surface area contributed by atoms with E-state index in [0.29, 0.717) is 19.7 Å². The summed E-state index contributed by atoms with van der Waals surface area (Å²) < 4.78 is 44.2. The van der Waals surface area contributed by atoms with Crippen molar-refractivity contribution in [3.8, 4) is 0 Å². The van der Waals surface area contributed by atoms with E-state index >= 15 is 0 Å². The summed E-state index contributed by atoms with van der Waals surface area (Å²) in [6, 6.07) is 0. The molecule has 2 heterocycles. The molecule has 0 atom stereocenters. The SMILES string of the molecule is O=C(CN1CC2(CCO2)C1)OC(=O)C(F)(F)F. The second-order valence-electron chi connectivity index (χ2n) is 4.19. The van der Waals surface area contributed by atoms with Crippen LogP contribution in [0.15, 0.2) is 0 Å². The summed E-state index contributed by atoms with van der Waals surface area (Å²) in [5.41, 5.74) is -0.214. The minimum atomic E-state index is -5.14. The zero-order chi connectivity index (χ0) is 12.7. The van der Waals surface area contributed by atoms with Gasteiger partial charge in [0.2, 0.25) is 0 Å². The zero-order valence-corrected chi connectivity index (χ0v) is 8.75. The van der Waals surface area contributed by atoms with E-state index in [0.717, 1.165) is 6.42 Å². The largest absolute Gasteiger partial charge is 0.491 e. The van der Waals surface area contributed by atoms with Gasteiger partial charge in [0.1, 0.15) is 0 Å². The van der Waals surface area contributed by atoms with E-state index < -0.39 is 18.1 Å². The molecule has 0 aliphatic carbocycles. The maximum Gasteiger partial charge on any atom is 0.491 e. The molecule has 2 rings (SSSR count). The van der Waals surface area contributed by atoms with Crippen molar-refractivity contribution in [1.82, 2.24) is 4.90 Å². The van der Waals surface area contributed by atoms with Crippen molar-refractivity contribution < 1.29 is 32.2 Å². The average molecular weight is 253 g/mol. The Labute approximate surface area is 94.5 Å². The molecule has 96 valence electrons. The molecule has 5 nitrogen and oxygen atoms in total. The molecule has 0 saturated carbocycles. The van der Waals surface area contributed by atoms with E-state index in [4.69, 9.17) is 4.74 Å². The van der Waals surface area contributed by atoms with Gasteiger partial charge in [-0.15, -0.1) is 0 Å². The van der Waals surface area contributed by atoms with E-state index in [1.807, 2.05) is 0 Å². The average Bonchev–Trinajstić information content (AvgIpc) is 2.05. The van der Waals surface area contributed by atoms with Crippen molar-refractivity contribution >= 4 is 11.9 Å². The number of likely N-dealkylation sites (tertiary alicyclic amines) is 1. The molecule has 0 aromatic heterocycles. The van der Waals surface area contributed by atoms with Crippen molar-refractivity contribution in [2.45, 2.75) is 18.2 Å². The third-order valence-electron chi connectivity index (χ3n) is 2.78. The molecule has 1 spiro atoms. The van der Waals surface area contributed by atoms with Crippen LogP contribution in [0.5, 0.6) is 0 Å². The van der Waals surface area contributed by atoms with Crippen molar-refractivity contribution in [2.75, 3.05) is 26.2 Å². The first-order valence-electron chi connectivity index (χ1n) is 4.99. The second-order valence-corrected chi connectivity index (χ2v) is 4.19. The lowest BCUT2D eigenvalue weighted by Gasteiger charge is -2.54. The quantitative estimate of drug-likeness (QED) is 0.516. The Hall–Kier alpha value is -1.15. The summed E-state index contributed by atoms with van der Waals surface area (Å²) in [5, 5.41) is 0. The standard InChI is InChI=1S/C9H10F3NO4/c10-9(11,12)7(15)17-6(14)3-13-4-8(5-13)1-2-16-8/h1-5H2. The van der Waals surface area contributed by atoms with Crippen LogP contribution in [-0.4, -0.2) is 54.9 Å². The predicted octanol–water partition coefficient (Wildman–Crippen LogP) is 0.0932. The van der Waals surface area contributed by atoms with Gasteiger partial charge in [0, 0.05) is 19.5 Å². The molecule has 0 N–H and O–H groups in total. The molecule has 8 heteroatoms. The summed E-state index contributed by atoms with van der Waals surface area (Å²) in [6.45, 7) is 1.32. The molecular formula is C9H10F3NO4. The van der Waals surface area contributed by atoms with Crippen LogP contribution < -0.4 is 0 Å². The highest BCUT2D eigenvalue weighted by Gasteiger charge is 2.50. The van der Waals surface area contributed by atoms with Crippen LogP contribution in [-0.2, 0) is 19.1 Å². The molecule has 0 radical (unpaired) electrons. The van der Waals surface area contributed by atoms with Crippen LogP contribution in [0.25, 0.3) is 0 Å². The lowest BCUT2D eigenvalue weighted by atomic mass is 9.86. The molecule has 0 amide bonds. The van der Waals surface area contributed by atoms with E-state index in [1.165, 1.54) is 0 Å². The highest BCUT2D eigenvalue weighted by molar-refractivity contribution is 5.89. The lowest BCUT2D eigenvalue weighted by molar-refractivity contribution is -0.224. The fraction of sp³-hybridized carbons (Fsp3) is 0.778. The van der Waals surface area contributed by atoms with Crippen LogP contribution in [0.2, 0.25) is 0 Å². The van der Waals surface area contributed by atoms with Gasteiger partial charge in [0.05, 0.1) is 18.8 Å². The van der Waals surface area contributed by atoms with Gasteiger partial charge in [-0.25, -0.2) is 4.79 Å². The molecule has 2 saturated heterocycles. The van der Waals surface area contributed by atoms with Crippen molar-refractivity contribution in [2.24, 2.45) is 0 Å².